The molecule has 4 heteroatoms. The van der Waals surface area contributed by atoms with Crippen molar-refractivity contribution in [2.24, 2.45) is 0 Å². The largest absolute Gasteiger partial charge is 0.497 e. The van der Waals surface area contributed by atoms with Gasteiger partial charge in [-0.3, -0.25) is 0 Å². The maximum Gasteiger partial charge on any atom is 0.211 e. The predicted octanol–water partition coefficient (Wildman–Crippen LogP) is 2.09. The van der Waals surface area contributed by atoms with Crippen LogP contribution >= 0.6 is 0 Å². The minimum Gasteiger partial charge on any atom is -0.497 e. The molecule has 0 unspecified atom stereocenters. The molecule has 0 aliphatic heterocycles. The van der Waals surface area contributed by atoms with Gasteiger partial charge in [0.15, 0.2) is 0 Å². The Kier molecular flexibility index (Phi) is 2.58. The highest BCUT2D eigenvalue weighted by Gasteiger charge is 2.03. The lowest BCUT2D eigenvalue weighted by Gasteiger charge is -2.00. The van der Waals surface area contributed by atoms with Crippen LogP contribution in [0.4, 0.5) is 0 Å². The van der Waals surface area contributed by atoms with Gasteiger partial charge >= 0.3 is 0 Å². The molecule has 15 heavy (non-hydrogen) atoms. The zero-order valence-corrected chi connectivity index (χ0v) is 8.65. The van der Waals surface area contributed by atoms with E-state index in [1.165, 1.54) is 0 Å². The van der Waals surface area contributed by atoms with Crippen LogP contribution < -0.4 is 9.47 Å². The molecule has 0 saturated carbocycles. The molecule has 0 bridgehead atoms. The number of nitrogens with one attached hydrogen (secondary N) is 1. The summed E-state index contributed by atoms with van der Waals surface area (Å²) in [6.45, 7) is 0. The molecule has 0 radical (unpaired) electrons. The minimum atomic E-state index is 0.654. The number of imidazole rings is 1. The fourth-order valence-electron chi connectivity index (χ4n) is 1.30. The topological polar surface area (TPSA) is 47.1 Å². The molecule has 1 aromatic carbocycles. The van der Waals surface area contributed by atoms with Crippen LogP contribution in [0.25, 0.3) is 11.4 Å². The molecule has 1 heterocycles. The Hall–Kier alpha value is -1.97. The van der Waals surface area contributed by atoms with Crippen LogP contribution in [0, 0.1) is 0 Å². The number of benzene rings is 1. The van der Waals surface area contributed by atoms with Crippen molar-refractivity contribution >= 4 is 0 Å². The van der Waals surface area contributed by atoms with Crippen molar-refractivity contribution < 1.29 is 9.47 Å². The zero-order chi connectivity index (χ0) is 10.7. The predicted molar refractivity (Wildman–Crippen MR) is 57.1 cm³/mol. The van der Waals surface area contributed by atoms with Crippen LogP contribution in [0.15, 0.2) is 30.5 Å². The van der Waals surface area contributed by atoms with Gasteiger partial charge < -0.3 is 14.5 Å². The van der Waals surface area contributed by atoms with E-state index in [0.717, 1.165) is 17.1 Å². The molecule has 0 spiro atoms. The van der Waals surface area contributed by atoms with Gasteiger partial charge in [0.25, 0.3) is 0 Å². The van der Waals surface area contributed by atoms with E-state index in [-0.39, 0.29) is 0 Å². The molecule has 0 aliphatic carbocycles. The summed E-state index contributed by atoms with van der Waals surface area (Å²) in [5.74, 6) is 2.27. The Morgan fingerprint density at radius 3 is 2.33 bits per heavy atom. The smallest absolute Gasteiger partial charge is 0.211 e. The number of H-pyrrole nitrogens is 1. The number of aromatic nitrogens is 2. The van der Waals surface area contributed by atoms with Gasteiger partial charge in [0.05, 0.1) is 20.4 Å². The summed E-state index contributed by atoms with van der Waals surface area (Å²) >= 11 is 0. The van der Waals surface area contributed by atoms with Gasteiger partial charge in [0, 0.05) is 5.56 Å². The highest BCUT2D eigenvalue weighted by atomic mass is 16.5. The van der Waals surface area contributed by atoms with E-state index in [1.807, 2.05) is 24.3 Å². The lowest BCUT2D eigenvalue weighted by molar-refractivity contribution is 0.400. The monoisotopic (exact) mass is 204 g/mol. The van der Waals surface area contributed by atoms with Crippen LogP contribution in [-0.4, -0.2) is 24.2 Å². The average molecular weight is 204 g/mol. The first-order valence-electron chi connectivity index (χ1n) is 4.57. The Morgan fingerprint density at radius 2 is 1.80 bits per heavy atom. The van der Waals surface area contributed by atoms with Gasteiger partial charge in [0.1, 0.15) is 11.6 Å². The van der Waals surface area contributed by atoms with Gasteiger partial charge in [0.2, 0.25) is 5.88 Å². The first kappa shape index (κ1) is 9.58. The Bertz CT molecular complexity index is 434. The van der Waals surface area contributed by atoms with Gasteiger partial charge in [-0.25, -0.2) is 4.98 Å². The van der Waals surface area contributed by atoms with Gasteiger partial charge in [-0.05, 0) is 24.3 Å². The van der Waals surface area contributed by atoms with Crippen molar-refractivity contribution in [2.75, 3.05) is 14.2 Å². The van der Waals surface area contributed by atoms with Crippen LogP contribution in [0.1, 0.15) is 0 Å². The standard InChI is InChI=1S/C11H12N2O2/c1-14-9-5-3-8(4-6-9)11-12-7-10(13-11)15-2/h3-7H,1-2H3,(H,12,13). The first-order chi connectivity index (χ1) is 7.33. The third-order valence-electron chi connectivity index (χ3n) is 2.14. The number of ether oxygens (including phenoxy) is 2. The van der Waals surface area contributed by atoms with E-state index >= 15 is 0 Å². The third-order valence-corrected chi connectivity index (χ3v) is 2.14. The summed E-state index contributed by atoms with van der Waals surface area (Å²) in [5.41, 5.74) is 0.999. The summed E-state index contributed by atoms with van der Waals surface area (Å²) in [7, 11) is 3.25. The lowest BCUT2D eigenvalue weighted by atomic mass is 10.2. The summed E-state index contributed by atoms with van der Waals surface area (Å²) in [5, 5.41) is 0. The maximum atomic E-state index is 5.08. The van der Waals surface area contributed by atoms with E-state index in [4.69, 9.17) is 9.47 Å². The summed E-state index contributed by atoms with van der Waals surface area (Å²) in [4.78, 5) is 7.23. The molecule has 78 valence electrons. The number of hydrogen-bond donors (Lipinski definition) is 1. The van der Waals surface area contributed by atoms with Crippen molar-refractivity contribution in [3.8, 4) is 23.0 Å². The normalized spacial score (nSPS) is 10.0. The highest BCUT2D eigenvalue weighted by molar-refractivity contribution is 5.56. The molecule has 0 saturated heterocycles. The lowest BCUT2D eigenvalue weighted by Crippen LogP contribution is -1.84. The molecule has 0 aliphatic rings. The molecular weight excluding hydrogens is 192 g/mol. The molecule has 0 amide bonds. The molecule has 0 fully saturated rings. The molecule has 2 aromatic rings. The van der Waals surface area contributed by atoms with Gasteiger partial charge in [-0.2, -0.15) is 0 Å². The molecule has 4 nitrogen and oxygen atoms in total. The molecule has 0 atom stereocenters. The number of methoxy groups -OCH3 is 2. The highest BCUT2D eigenvalue weighted by Crippen LogP contribution is 2.21. The number of aromatic amines is 1. The van der Waals surface area contributed by atoms with Crippen molar-refractivity contribution in [3.63, 3.8) is 0 Å². The molecular formula is C11H12N2O2. The van der Waals surface area contributed by atoms with Crippen molar-refractivity contribution in [1.29, 1.82) is 0 Å². The molecule has 1 aromatic heterocycles. The Morgan fingerprint density at radius 1 is 1.07 bits per heavy atom. The van der Waals surface area contributed by atoms with Crippen LogP contribution in [0.5, 0.6) is 11.6 Å². The van der Waals surface area contributed by atoms with Crippen molar-refractivity contribution in [1.82, 2.24) is 9.97 Å². The Balaban J connectivity index is 2.28. The number of rotatable bonds is 3. The number of nitrogens with zero attached hydrogens (tertiary/aromatic N) is 1. The average Bonchev–Trinajstić information content (AvgIpc) is 2.78. The fraction of sp³-hybridized carbons (Fsp3) is 0.182. The Labute approximate surface area is 87.9 Å². The van der Waals surface area contributed by atoms with Crippen LogP contribution in [0.2, 0.25) is 0 Å². The minimum absolute atomic E-state index is 0.654. The summed E-state index contributed by atoms with van der Waals surface area (Å²) in [6.07, 6.45) is 1.65. The van der Waals surface area contributed by atoms with Crippen molar-refractivity contribution in [2.45, 2.75) is 0 Å². The zero-order valence-electron chi connectivity index (χ0n) is 8.65. The summed E-state index contributed by atoms with van der Waals surface area (Å²) < 4.78 is 10.1. The molecule has 1 N–H and O–H groups in total. The third kappa shape index (κ3) is 1.93. The fourth-order valence-corrected chi connectivity index (χ4v) is 1.30. The second kappa shape index (κ2) is 4.04. The van der Waals surface area contributed by atoms with E-state index in [2.05, 4.69) is 9.97 Å². The van der Waals surface area contributed by atoms with Crippen LogP contribution in [-0.2, 0) is 0 Å². The van der Waals surface area contributed by atoms with E-state index in [9.17, 15) is 0 Å². The van der Waals surface area contributed by atoms with Crippen molar-refractivity contribution in [3.05, 3.63) is 30.5 Å². The summed E-state index contributed by atoms with van der Waals surface area (Å²) in [6, 6.07) is 7.67. The second-order valence-electron chi connectivity index (χ2n) is 3.03. The number of hydrogen-bond acceptors (Lipinski definition) is 3. The molecule has 2 rings (SSSR count). The van der Waals surface area contributed by atoms with E-state index < -0.39 is 0 Å². The van der Waals surface area contributed by atoms with Gasteiger partial charge in [-0.15, -0.1) is 0 Å². The second-order valence-corrected chi connectivity index (χ2v) is 3.03. The van der Waals surface area contributed by atoms with E-state index in [1.54, 1.807) is 20.4 Å². The first-order valence-corrected chi connectivity index (χ1v) is 4.57. The SMILES string of the molecule is COc1ccc(-c2ncc(OC)[nH]2)cc1. The van der Waals surface area contributed by atoms with Crippen LogP contribution in [0.3, 0.4) is 0 Å². The van der Waals surface area contributed by atoms with Gasteiger partial charge in [-0.1, -0.05) is 0 Å². The van der Waals surface area contributed by atoms with E-state index in [0.29, 0.717) is 5.88 Å². The quantitative estimate of drug-likeness (QED) is 0.832. The maximum absolute atomic E-state index is 5.08.